The number of nitrogens with one attached hydrogen (secondary N) is 1. The van der Waals surface area contributed by atoms with Gasteiger partial charge < -0.3 is 5.32 Å². The molecule has 4 heteroatoms. The molecule has 1 amide bonds. The highest BCUT2D eigenvalue weighted by molar-refractivity contribution is 6.05. The Morgan fingerprint density at radius 2 is 1.64 bits per heavy atom. The molecule has 3 rings (SSSR count). The Bertz CT molecular complexity index is 810. The molecule has 1 heterocycles. The molecule has 0 fully saturated rings. The molecule has 22 heavy (non-hydrogen) atoms. The molecule has 110 valence electrons. The summed E-state index contributed by atoms with van der Waals surface area (Å²) in [5, 5.41) is 2.90. The number of hydrogen-bond acceptors (Lipinski definition) is 3. The third-order valence-corrected chi connectivity index (χ3v) is 3.57. The van der Waals surface area contributed by atoms with Crippen LogP contribution >= 0.6 is 0 Å². The van der Waals surface area contributed by atoms with Crippen molar-refractivity contribution >= 4 is 22.6 Å². The Labute approximate surface area is 129 Å². The Kier molecular flexibility index (Phi) is 3.83. The summed E-state index contributed by atoms with van der Waals surface area (Å²) in [7, 11) is 0. The molecule has 0 saturated heterocycles. The van der Waals surface area contributed by atoms with E-state index < -0.39 is 0 Å². The topological polar surface area (TPSA) is 54.9 Å². The summed E-state index contributed by atoms with van der Waals surface area (Å²) in [6.45, 7) is 4.29. The predicted molar refractivity (Wildman–Crippen MR) is 88.0 cm³/mol. The van der Waals surface area contributed by atoms with Crippen LogP contribution < -0.4 is 5.32 Å². The van der Waals surface area contributed by atoms with Gasteiger partial charge in [-0.2, -0.15) is 0 Å². The first-order valence-corrected chi connectivity index (χ1v) is 7.25. The zero-order valence-corrected chi connectivity index (χ0v) is 12.6. The van der Waals surface area contributed by atoms with Gasteiger partial charge >= 0.3 is 0 Å². The van der Waals surface area contributed by atoms with Crippen molar-refractivity contribution in [3.63, 3.8) is 0 Å². The Balaban J connectivity index is 1.80. The highest BCUT2D eigenvalue weighted by Gasteiger charge is 2.08. The Morgan fingerprint density at radius 3 is 2.32 bits per heavy atom. The number of fused-ring (bicyclic) bond motifs is 1. The van der Waals surface area contributed by atoms with Gasteiger partial charge in [0.2, 0.25) is 0 Å². The zero-order chi connectivity index (χ0) is 15.5. The minimum absolute atomic E-state index is 0.148. The number of carbonyl (C=O) groups excluding carboxylic acids is 1. The molecule has 0 aliphatic carbocycles. The first kappa shape index (κ1) is 14.2. The second-order valence-corrected chi connectivity index (χ2v) is 5.49. The van der Waals surface area contributed by atoms with Crippen molar-refractivity contribution < 1.29 is 4.79 Å². The van der Waals surface area contributed by atoms with Crippen LogP contribution in [-0.2, 0) is 0 Å². The van der Waals surface area contributed by atoms with Gasteiger partial charge in [0.05, 0.1) is 11.0 Å². The van der Waals surface area contributed by atoms with Crippen LogP contribution in [0.5, 0.6) is 0 Å². The third-order valence-electron chi connectivity index (χ3n) is 3.57. The third kappa shape index (κ3) is 2.96. The number of anilines is 1. The average Bonchev–Trinajstić information content (AvgIpc) is 2.55. The number of aromatic nitrogens is 2. The van der Waals surface area contributed by atoms with Gasteiger partial charge in [-0.05, 0) is 41.8 Å². The standard InChI is InChI=1S/C18H17N3O/c1-12(2)13-3-6-15(7-4-13)21-18(22)14-5-8-16-17(11-14)20-10-9-19-16/h3-12H,1-2H3,(H,21,22). The lowest BCUT2D eigenvalue weighted by Crippen LogP contribution is -2.11. The number of rotatable bonds is 3. The molecule has 0 spiro atoms. The fraction of sp³-hybridized carbons (Fsp3) is 0.167. The summed E-state index contributed by atoms with van der Waals surface area (Å²) < 4.78 is 0. The first-order chi connectivity index (χ1) is 10.6. The van der Waals surface area contributed by atoms with Crippen LogP contribution in [0.2, 0.25) is 0 Å². The molecule has 0 radical (unpaired) electrons. The summed E-state index contributed by atoms with van der Waals surface area (Å²) in [5.41, 5.74) is 4.10. The maximum absolute atomic E-state index is 12.3. The molecule has 2 aromatic carbocycles. The van der Waals surface area contributed by atoms with Gasteiger partial charge in [0.1, 0.15) is 0 Å². The van der Waals surface area contributed by atoms with Crippen LogP contribution in [0, 0.1) is 0 Å². The molecule has 0 aliphatic rings. The largest absolute Gasteiger partial charge is 0.322 e. The summed E-state index contributed by atoms with van der Waals surface area (Å²) >= 11 is 0. The average molecular weight is 291 g/mol. The highest BCUT2D eigenvalue weighted by atomic mass is 16.1. The first-order valence-electron chi connectivity index (χ1n) is 7.25. The van der Waals surface area contributed by atoms with E-state index in [2.05, 4.69) is 29.1 Å². The summed E-state index contributed by atoms with van der Waals surface area (Å²) in [6, 6.07) is 13.2. The van der Waals surface area contributed by atoms with Gasteiger partial charge in [0.15, 0.2) is 0 Å². The van der Waals surface area contributed by atoms with Crippen molar-refractivity contribution in [2.75, 3.05) is 5.32 Å². The quantitative estimate of drug-likeness (QED) is 0.793. The van der Waals surface area contributed by atoms with Gasteiger partial charge in [-0.1, -0.05) is 26.0 Å². The van der Waals surface area contributed by atoms with E-state index >= 15 is 0 Å². The van der Waals surface area contributed by atoms with Gasteiger partial charge in [0.25, 0.3) is 5.91 Å². The predicted octanol–water partition coefficient (Wildman–Crippen LogP) is 4.01. The number of nitrogens with zero attached hydrogens (tertiary/aromatic N) is 2. The van der Waals surface area contributed by atoms with Crippen LogP contribution in [-0.4, -0.2) is 15.9 Å². The lowest BCUT2D eigenvalue weighted by molar-refractivity contribution is 0.102. The smallest absolute Gasteiger partial charge is 0.255 e. The number of benzene rings is 2. The van der Waals surface area contributed by atoms with Crippen LogP contribution in [0.15, 0.2) is 54.9 Å². The second kappa shape index (κ2) is 5.93. The van der Waals surface area contributed by atoms with Crippen molar-refractivity contribution in [2.24, 2.45) is 0 Å². The molecular weight excluding hydrogens is 274 g/mol. The van der Waals surface area contributed by atoms with E-state index in [-0.39, 0.29) is 5.91 Å². The van der Waals surface area contributed by atoms with Crippen molar-refractivity contribution in [3.8, 4) is 0 Å². The van der Waals surface area contributed by atoms with Crippen LogP contribution in [0.3, 0.4) is 0 Å². The fourth-order valence-electron chi connectivity index (χ4n) is 2.26. The monoisotopic (exact) mass is 291 g/mol. The van der Waals surface area contributed by atoms with Crippen LogP contribution in [0.25, 0.3) is 11.0 Å². The molecule has 0 bridgehead atoms. The summed E-state index contributed by atoms with van der Waals surface area (Å²) in [4.78, 5) is 20.7. The molecule has 3 aromatic rings. The summed E-state index contributed by atoms with van der Waals surface area (Å²) in [5.74, 6) is 0.327. The van der Waals surface area contributed by atoms with Crippen molar-refractivity contribution in [1.29, 1.82) is 0 Å². The molecule has 0 unspecified atom stereocenters. The lowest BCUT2D eigenvalue weighted by atomic mass is 10.0. The summed E-state index contributed by atoms with van der Waals surface area (Å²) in [6.07, 6.45) is 3.26. The molecular formula is C18H17N3O. The van der Waals surface area contributed by atoms with E-state index in [1.165, 1.54) is 5.56 Å². The van der Waals surface area contributed by atoms with Crippen molar-refractivity contribution in [1.82, 2.24) is 9.97 Å². The van der Waals surface area contributed by atoms with Gasteiger partial charge in [0, 0.05) is 23.6 Å². The zero-order valence-electron chi connectivity index (χ0n) is 12.6. The van der Waals surface area contributed by atoms with Crippen LogP contribution in [0.1, 0.15) is 35.7 Å². The molecule has 1 aromatic heterocycles. The normalized spacial score (nSPS) is 10.9. The Morgan fingerprint density at radius 1 is 0.955 bits per heavy atom. The van der Waals surface area contributed by atoms with Gasteiger partial charge in [-0.3, -0.25) is 14.8 Å². The molecule has 0 saturated carbocycles. The van der Waals surface area contributed by atoms with Crippen LogP contribution in [0.4, 0.5) is 5.69 Å². The fourth-order valence-corrected chi connectivity index (χ4v) is 2.26. The second-order valence-electron chi connectivity index (χ2n) is 5.49. The molecule has 0 atom stereocenters. The highest BCUT2D eigenvalue weighted by Crippen LogP contribution is 2.18. The van der Waals surface area contributed by atoms with E-state index in [1.807, 2.05) is 24.3 Å². The SMILES string of the molecule is CC(C)c1ccc(NC(=O)c2ccc3nccnc3c2)cc1. The van der Waals surface area contributed by atoms with Crippen molar-refractivity contribution in [2.45, 2.75) is 19.8 Å². The molecule has 1 N–H and O–H groups in total. The lowest BCUT2D eigenvalue weighted by Gasteiger charge is -2.08. The maximum Gasteiger partial charge on any atom is 0.255 e. The number of amides is 1. The van der Waals surface area contributed by atoms with E-state index in [0.717, 1.165) is 11.2 Å². The van der Waals surface area contributed by atoms with Gasteiger partial charge in [-0.25, -0.2) is 0 Å². The van der Waals surface area contributed by atoms with E-state index in [9.17, 15) is 4.79 Å². The van der Waals surface area contributed by atoms with E-state index in [0.29, 0.717) is 17.0 Å². The Hall–Kier alpha value is -2.75. The molecule has 0 aliphatic heterocycles. The molecule has 4 nitrogen and oxygen atoms in total. The van der Waals surface area contributed by atoms with Gasteiger partial charge in [-0.15, -0.1) is 0 Å². The number of carbonyl (C=O) groups is 1. The maximum atomic E-state index is 12.3. The minimum atomic E-state index is -0.148. The number of hydrogen-bond donors (Lipinski definition) is 1. The van der Waals surface area contributed by atoms with E-state index in [1.54, 1.807) is 30.6 Å². The van der Waals surface area contributed by atoms with E-state index in [4.69, 9.17) is 0 Å². The minimum Gasteiger partial charge on any atom is -0.322 e. The van der Waals surface area contributed by atoms with Crippen molar-refractivity contribution in [3.05, 3.63) is 66.0 Å².